The van der Waals surface area contributed by atoms with Gasteiger partial charge in [-0.15, -0.1) is 0 Å². The maximum Gasteiger partial charge on any atom is 0.419 e. The molecular formula is C14H18ClNO2. The van der Waals surface area contributed by atoms with E-state index in [1.54, 1.807) is 17.2 Å². The number of hydrogen-bond acceptors (Lipinski definition) is 2. The van der Waals surface area contributed by atoms with Crippen molar-refractivity contribution < 1.29 is 9.53 Å². The number of carbonyl (C=O) groups is 1. The normalized spacial score (nSPS) is 24.6. The van der Waals surface area contributed by atoms with Gasteiger partial charge in [-0.1, -0.05) is 37.4 Å². The fourth-order valence-electron chi connectivity index (χ4n) is 2.70. The van der Waals surface area contributed by atoms with Gasteiger partial charge in [-0.2, -0.15) is 0 Å². The first-order valence-electron chi connectivity index (χ1n) is 6.38. The zero-order chi connectivity index (χ0) is 13.0. The molecule has 3 nitrogen and oxygen atoms in total. The summed E-state index contributed by atoms with van der Waals surface area (Å²) in [6, 6.07) is 0.00949. The van der Waals surface area contributed by atoms with Crippen molar-refractivity contribution in [2.24, 2.45) is 5.92 Å². The molecule has 1 atom stereocenters. The van der Waals surface area contributed by atoms with E-state index in [4.69, 9.17) is 16.3 Å². The Kier molecular flexibility index (Phi) is 4.48. The first-order valence-corrected chi connectivity index (χ1v) is 6.75. The average Bonchev–Trinajstić information content (AvgIpc) is 2.40. The molecular weight excluding hydrogens is 250 g/mol. The highest BCUT2D eigenvalue weighted by molar-refractivity contribution is 6.31. The van der Waals surface area contributed by atoms with Crippen LogP contribution in [0.1, 0.15) is 32.1 Å². The standard InChI is InChI=1S/C14H18ClNO2/c1-2-18-14(17)16-9-8-12(15)10-13(16)11-6-4-3-5-7-11/h2,8-11,13H,1,3-7H2. The summed E-state index contributed by atoms with van der Waals surface area (Å²) in [6.07, 6.45) is 12.1. The highest BCUT2D eigenvalue weighted by Crippen LogP contribution is 2.33. The molecule has 0 aromatic rings. The lowest BCUT2D eigenvalue weighted by Gasteiger charge is -2.36. The molecule has 0 spiro atoms. The predicted molar refractivity (Wildman–Crippen MR) is 72.0 cm³/mol. The van der Waals surface area contributed by atoms with Crippen LogP contribution in [-0.2, 0) is 4.74 Å². The highest BCUT2D eigenvalue weighted by Gasteiger charge is 2.31. The van der Waals surface area contributed by atoms with Crippen LogP contribution in [0, 0.1) is 5.92 Å². The van der Waals surface area contributed by atoms with Gasteiger partial charge in [0.2, 0.25) is 0 Å². The first kappa shape index (κ1) is 13.2. The van der Waals surface area contributed by atoms with E-state index in [2.05, 4.69) is 6.58 Å². The molecule has 0 aromatic carbocycles. The van der Waals surface area contributed by atoms with Crippen LogP contribution >= 0.6 is 11.6 Å². The smallest absolute Gasteiger partial charge is 0.419 e. The Labute approximate surface area is 113 Å². The lowest BCUT2D eigenvalue weighted by molar-refractivity contribution is 0.127. The van der Waals surface area contributed by atoms with E-state index in [0.29, 0.717) is 11.0 Å². The molecule has 1 aliphatic heterocycles. The molecule has 0 N–H and O–H groups in total. The van der Waals surface area contributed by atoms with Crippen molar-refractivity contribution in [3.8, 4) is 0 Å². The number of allylic oxidation sites excluding steroid dienone is 2. The third-order valence-electron chi connectivity index (χ3n) is 3.57. The molecule has 0 radical (unpaired) electrons. The third kappa shape index (κ3) is 2.96. The van der Waals surface area contributed by atoms with Crippen LogP contribution in [-0.4, -0.2) is 17.0 Å². The number of nitrogens with zero attached hydrogens (tertiary/aromatic N) is 1. The molecule has 0 aromatic heterocycles. The summed E-state index contributed by atoms with van der Waals surface area (Å²) in [5.74, 6) is 0.467. The Bertz CT molecular complexity index is 383. The summed E-state index contributed by atoms with van der Waals surface area (Å²) >= 11 is 6.05. The first-order chi connectivity index (χ1) is 8.72. The molecule has 2 aliphatic rings. The van der Waals surface area contributed by atoms with Gasteiger partial charge in [0, 0.05) is 11.2 Å². The van der Waals surface area contributed by atoms with E-state index >= 15 is 0 Å². The van der Waals surface area contributed by atoms with Crippen LogP contribution in [0.25, 0.3) is 0 Å². The van der Waals surface area contributed by atoms with Crippen LogP contribution < -0.4 is 0 Å². The van der Waals surface area contributed by atoms with E-state index in [1.165, 1.54) is 19.3 Å². The van der Waals surface area contributed by atoms with Crippen molar-refractivity contribution in [1.82, 2.24) is 4.90 Å². The molecule has 1 amide bonds. The number of carbonyl (C=O) groups excluding carboxylic acids is 1. The molecule has 1 unspecified atom stereocenters. The summed E-state index contributed by atoms with van der Waals surface area (Å²) in [7, 11) is 0. The lowest BCUT2D eigenvalue weighted by Crippen LogP contribution is -2.41. The maximum absolute atomic E-state index is 11.9. The summed E-state index contributed by atoms with van der Waals surface area (Å²) in [5.41, 5.74) is 0. The lowest BCUT2D eigenvalue weighted by atomic mass is 9.82. The molecule has 98 valence electrons. The van der Waals surface area contributed by atoms with E-state index in [-0.39, 0.29) is 6.04 Å². The van der Waals surface area contributed by atoms with Crippen molar-refractivity contribution in [2.45, 2.75) is 38.1 Å². The molecule has 1 heterocycles. The van der Waals surface area contributed by atoms with Gasteiger partial charge in [-0.3, -0.25) is 4.90 Å². The van der Waals surface area contributed by atoms with Gasteiger partial charge in [-0.25, -0.2) is 4.79 Å². The van der Waals surface area contributed by atoms with Crippen molar-refractivity contribution in [2.75, 3.05) is 0 Å². The number of rotatable bonds is 2. The van der Waals surface area contributed by atoms with Crippen molar-refractivity contribution in [1.29, 1.82) is 0 Å². The van der Waals surface area contributed by atoms with Crippen molar-refractivity contribution in [3.05, 3.63) is 36.2 Å². The minimum atomic E-state index is -0.391. The van der Waals surface area contributed by atoms with Gasteiger partial charge in [0.1, 0.15) is 0 Å². The van der Waals surface area contributed by atoms with Crippen molar-refractivity contribution >= 4 is 17.7 Å². The fraction of sp³-hybridized carbons (Fsp3) is 0.500. The van der Waals surface area contributed by atoms with Gasteiger partial charge in [-0.05, 0) is 30.9 Å². The topological polar surface area (TPSA) is 29.5 Å². The number of ether oxygens (including phenoxy) is 1. The van der Waals surface area contributed by atoms with Crippen LogP contribution in [0.5, 0.6) is 0 Å². The second kappa shape index (κ2) is 6.10. The zero-order valence-electron chi connectivity index (χ0n) is 10.3. The molecule has 1 saturated carbocycles. The number of halogens is 1. The van der Waals surface area contributed by atoms with E-state index in [9.17, 15) is 4.79 Å². The third-order valence-corrected chi connectivity index (χ3v) is 3.83. The minimum Gasteiger partial charge on any atom is -0.419 e. The molecule has 1 aliphatic carbocycles. The quantitative estimate of drug-likeness (QED) is 0.703. The van der Waals surface area contributed by atoms with Crippen LogP contribution in [0.2, 0.25) is 0 Å². The van der Waals surface area contributed by atoms with Gasteiger partial charge >= 0.3 is 6.09 Å². The van der Waals surface area contributed by atoms with Gasteiger partial charge in [0.25, 0.3) is 0 Å². The Morgan fingerprint density at radius 2 is 2.17 bits per heavy atom. The minimum absolute atomic E-state index is 0.00949. The number of hydrogen-bond donors (Lipinski definition) is 0. The maximum atomic E-state index is 11.9. The Hall–Kier alpha value is -1.22. The molecule has 1 fully saturated rings. The predicted octanol–water partition coefficient (Wildman–Crippen LogP) is 4.17. The Morgan fingerprint density at radius 1 is 1.44 bits per heavy atom. The van der Waals surface area contributed by atoms with Gasteiger partial charge < -0.3 is 4.74 Å². The van der Waals surface area contributed by atoms with E-state index in [0.717, 1.165) is 19.1 Å². The zero-order valence-corrected chi connectivity index (χ0v) is 11.1. The van der Waals surface area contributed by atoms with Crippen LogP contribution in [0.4, 0.5) is 4.79 Å². The molecule has 4 heteroatoms. The highest BCUT2D eigenvalue weighted by atomic mass is 35.5. The summed E-state index contributed by atoms with van der Waals surface area (Å²) < 4.78 is 4.86. The average molecular weight is 268 g/mol. The van der Waals surface area contributed by atoms with Crippen molar-refractivity contribution in [3.63, 3.8) is 0 Å². The fourth-order valence-corrected chi connectivity index (χ4v) is 2.89. The van der Waals surface area contributed by atoms with Gasteiger partial charge in [0.15, 0.2) is 0 Å². The SMILES string of the molecule is C=COC(=O)N1C=CC(Cl)=CC1C1CCCCC1. The molecule has 0 bridgehead atoms. The summed E-state index contributed by atoms with van der Waals surface area (Å²) in [4.78, 5) is 13.5. The summed E-state index contributed by atoms with van der Waals surface area (Å²) in [5, 5.41) is 0.688. The number of amides is 1. The van der Waals surface area contributed by atoms with E-state index in [1.807, 2.05) is 6.08 Å². The van der Waals surface area contributed by atoms with E-state index < -0.39 is 6.09 Å². The largest absolute Gasteiger partial charge is 0.419 e. The molecule has 2 rings (SSSR count). The van der Waals surface area contributed by atoms with Gasteiger partial charge in [0.05, 0.1) is 12.3 Å². The summed E-state index contributed by atoms with van der Waals surface area (Å²) in [6.45, 7) is 3.41. The molecule has 0 saturated heterocycles. The Balaban J connectivity index is 2.13. The Morgan fingerprint density at radius 3 is 2.83 bits per heavy atom. The second-order valence-corrected chi connectivity index (χ2v) is 5.15. The van der Waals surface area contributed by atoms with Crippen LogP contribution in [0.3, 0.4) is 0 Å². The second-order valence-electron chi connectivity index (χ2n) is 4.71. The monoisotopic (exact) mass is 267 g/mol. The van der Waals surface area contributed by atoms with Crippen LogP contribution in [0.15, 0.2) is 36.2 Å². The molecule has 18 heavy (non-hydrogen) atoms.